The molecule has 0 bridgehead atoms. The molecular weight excluding hydrogens is 256 g/mol. The van der Waals surface area contributed by atoms with Crippen LogP contribution >= 0.6 is 0 Å². The fraction of sp³-hybridized carbons (Fsp3) is 0.357. The first-order valence-corrected chi connectivity index (χ1v) is 6.72. The Bertz CT molecular complexity index is 636. The zero-order valence-electron chi connectivity index (χ0n) is 11.3. The topological polar surface area (TPSA) is 69.0 Å². The van der Waals surface area contributed by atoms with Crippen LogP contribution in [0.2, 0.25) is 0 Å². The van der Waals surface area contributed by atoms with Gasteiger partial charge in [0.2, 0.25) is 0 Å². The van der Waals surface area contributed by atoms with Gasteiger partial charge in [0.05, 0.1) is 25.5 Å². The molecular formula is C14H16N4O2. The average molecular weight is 272 g/mol. The predicted molar refractivity (Wildman–Crippen MR) is 73.6 cm³/mol. The van der Waals surface area contributed by atoms with Crippen molar-refractivity contribution in [3.8, 4) is 16.9 Å². The highest BCUT2D eigenvalue weighted by atomic mass is 16.5. The number of nitrogens with one attached hydrogen (secondary N) is 1. The lowest BCUT2D eigenvalue weighted by molar-refractivity contribution is 0.0925. The molecule has 0 spiro atoms. The van der Waals surface area contributed by atoms with E-state index in [2.05, 4.69) is 22.3 Å². The van der Waals surface area contributed by atoms with Crippen LogP contribution in [0.25, 0.3) is 11.1 Å². The molecule has 20 heavy (non-hydrogen) atoms. The maximum Gasteiger partial charge on any atom is 0.270 e. The van der Waals surface area contributed by atoms with Crippen molar-refractivity contribution in [2.45, 2.75) is 19.9 Å². The van der Waals surface area contributed by atoms with Gasteiger partial charge in [-0.15, -0.1) is 0 Å². The van der Waals surface area contributed by atoms with Crippen molar-refractivity contribution in [2.75, 3.05) is 13.2 Å². The maximum atomic E-state index is 12.0. The van der Waals surface area contributed by atoms with Gasteiger partial charge in [0.25, 0.3) is 5.91 Å². The lowest BCUT2D eigenvalue weighted by Gasteiger charge is -2.15. The van der Waals surface area contributed by atoms with Gasteiger partial charge in [-0.05, 0) is 12.5 Å². The van der Waals surface area contributed by atoms with Crippen LogP contribution in [0.5, 0.6) is 5.75 Å². The van der Waals surface area contributed by atoms with Crippen LogP contribution in [0, 0.1) is 0 Å². The lowest BCUT2D eigenvalue weighted by atomic mass is 10.1. The van der Waals surface area contributed by atoms with Crippen molar-refractivity contribution in [3.05, 3.63) is 30.4 Å². The zero-order chi connectivity index (χ0) is 13.9. The fourth-order valence-electron chi connectivity index (χ4n) is 2.23. The Labute approximate surface area is 116 Å². The van der Waals surface area contributed by atoms with Crippen molar-refractivity contribution in [1.82, 2.24) is 20.1 Å². The number of carbonyl (C=O) groups excluding carboxylic acids is 1. The molecule has 0 fully saturated rings. The summed E-state index contributed by atoms with van der Waals surface area (Å²) >= 11 is 0. The quantitative estimate of drug-likeness (QED) is 0.915. The van der Waals surface area contributed by atoms with Gasteiger partial charge in [-0.1, -0.05) is 6.92 Å². The van der Waals surface area contributed by atoms with Gasteiger partial charge in [-0.25, -0.2) is 0 Å². The number of hydrogen-bond donors (Lipinski definition) is 1. The minimum atomic E-state index is -0.0939. The standard InChI is InChI=1S/C14H16N4O2/c1-2-5-20-11-6-10(7-15-8-11)12-9-17-18-4-3-16-14(19)13(12)18/h6-9H,2-5H2,1H3,(H,16,19). The third kappa shape index (κ3) is 2.24. The molecule has 2 aromatic heterocycles. The maximum absolute atomic E-state index is 12.0. The number of hydrogen-bond acceptors (Lipinski definition) is 4. The Morgan fingerprint density at radius 1 is 1.40 bits per heavy atom. The summed E-state index contributed by atoms with van der Waals surface area (Å²) in [6, 6.07) is 1.89. The van der Waals surface area contributed by atoms with Gasteiger partial charge >= 0.3 is 0 Å². The van der Waals surface area contributed by atoms with E-state index in [0.717, 1.165) is 17.5 Å². The number of rotatable bonds is 4. The van der Waals surface area contributed by atoms with Gasteiger partial charge in [0.1, 0.15) is 11.4 Å². The van der Waals surface area contributed by atoms with Gasteiger partial charge in [0, 0.05) is 23.9 Å². The SMILES string of the molecule is CCCOc1cncc(-c2cnn3c2C(=O)NCC3)c1. The number of ether oxygens (including phenoxy) is 1. The summed E-state index contributed by atoms with van der Waals surface area (Å²) in [6.07, 6.45) is 6.05. The van der Waals surface area contributed by atoms with E-state index < -0.39 is 0 Å². The van der Waals surface area contributed by atoms with E-state index >= 15 is 0 Å². The van der Waals surface area contributed by atoms with Crippen LogP contribution in [0.4, 0.5) is 0 Å². The fourth-order valence-corrected chi connectivity index (χ4v) is 2.23. The molecule has 0 saturated carbocycles. The monoisotopic (exact) mass is 272 g/mol. The van der Waals surface area contributed by atoms with Gasteiger partial charge in [0.15, 0.2) is 0 Å². The molecule has 0 aliphatic carbocycles. The summed E-state index contributed by atoms with van der Waals surface area (Å²) in [5.74, 6) is 0.615. The van der Waals surface area contributed by atoms with Crippen molar-refractivity contribution < 1.29 is 9.53 Å². The highest BCUT2D eigenvalue weighted by Crippen LogP contribution is 2.26. The van der Waals surface area contributed by atoms with Crippen LogP contribution in [-0.2, 0) is 6.54 Å². The van der Waals surface area contributed by atoms with E-state index in [4.69, 9.17) is 4.74 Å². The molecule has 0 atom stereocenters. The first-order valence-electron chi connectivity index (χ1n) is 6.72. The number of carbonyl (C=O) groups is 1. The molecule has 1 amide bonds. The second-order valence-electron chi connectivity index (χ2n) is 4.64. The molecule has 3 rings (SSSR count). The number of amides is 1. The second-order valence-corrected chi connectivity index (χ2v) is 4.64. The van der Waals surface area contributed by atoms with E-state index in [9.17, 15) is 4.79 Å². The average Bonchev–Trinajstić information content (AvgIpc) is 2.91. The van der Waals surface area contributed by atoms with E-state index in [1.807, 2.05) is 6.07 Å². The van der Waals surface area contributed by atoms with Crippen LogP contribution in [0.1, 0.15) is 23.8 Å². The summed E-state index contributed by atoms with van der Waals surface area (Å²) < 4.78 is 7.30. The lowest BCUT2D eigenvalue weighted by Crippen LogP contribution is -2.35. The third-order valence-electron chi connectivity index (χ3n) is 3.16. The number of nitrogens with zero attached hydrogens (tertiary/aromatic N) is 3. The number of aromatic nitrogens is 3. The summed E-state index contributed by atoms with van der Waals surface area (Å²) in [4.78, 5) is 16.1. The molecule has 0 radical (unpaired) electrons. The van der Waals surface area contributed by atoms with E-state index in [1.54, 1.807) is 23.3 Å². The van der Waals surface area contributed by atoms with E-state index in [-0.39, 0.29) is 5.91 Å². The van der Waals surface area contributed by atoms with E-state index in [0.29, 0.717) is 31.1 Å². The minimum absolute atomic E-state index is 0.0939. The van der Waals surface area contributed by atoms with Crippen LogP contribution in [0.15, 0.2) is 24.7 Å². The molecule has 104 valence electrons. The molecule has 0 unspecified atom stereocenters. The molecule has 0 aromatic carbocycles. The first-order chi connectivity index (χ1) is 9.79. The number of fused-ring (bicyclic) bond motifs is 1. The minimum Gasteiger partial charge on any atom is -0.492 e. The van der Waals surface area contributed by atoms with Crippen molar-refractivity contribution in [1.29, 1.82) is 0 Å². The third-order valence-corrected chi connectivity index (χ3v) is 3.16. The van der Waals surface area contributed by atoms with Crippen molar-refractivity contribution in [3.63, 3.8) is 0 Å². The molecule has 6 nitrogen and oxygen atoms in total. The molecule has 1 aliphatic heterocycles. The predicted octanol–water partition coefficient (Wildman–Crippen LogP) is 1.48. The van der Waals surface area contributed by atoms with Crippen molar-refractivity contribution >= 4 is 5.91 Å². The molecule has 1 aliphatic rings. The van der Waals surface area contributed by atoms with Gasteiger partial charge in [-0.2, -0.15) is 5.10 Å². The zero-order valence-corrected chi connectivity index (χ0v) is 11.3. The van der Waals surface area contributed by atoms with Gasteiger partial charge in [-0.3, -0.25) is 14.5 Å². The smallest absolute Gasteiger partial charge is 0.270 e. The molecule has 3 heterocycles. The summed E-state index contributed by atoms with van der Waals surface area (Å²) in [5, 5.41) is 7.09. The molecule has 1 N–H and O–H groups in total. The van der Waals surface area contributed by atoms with Crippen LogP contribution < -0.4 is 10.1 Å². The van der Waals surface area contributed by atoms with E-state index in [1.165, 1.54) is 0 Å². The molecule has 0 saturated heterocycles. The first kappa shape index (κ1) is 12.7. The molecule has 2 aromatic rings. The Morgan fingerprint density at radius 2 is 2.30 bits per heavy atom. The second kappa shape index (κ2) is 5.32. The largest absolute Gasteiger partial charge is 0.492 e. The Morgan fingerprint density at radius 3 is 3.15 bits per heavy atom. The summed E-state index contributed by atoms with van der Waals surface area (Å²) in [5.41, 5.74) is 2.22. The Kier molecular flexibility index (Phi) is 3.37. The summed E-state index contributed by atoms with van der Waals surface area (Å²) in [7, 11) is 0. The molecule has 6 heteroatoms. The van der Waals surface area contributed by atoms with Gasteiger partial charge < -0.3 is 10.1 Å². The normalized spacial score (nSPS) is 13.8. The van der Waals surface area contributed by atoms with Crippen LogP contribution in [-0.4, -0.2) is 33.8 Å². The Balaban J connectivity index is 1.97. The summed E-state index contributed by atoms with van der Waals surface area (Å²) in [6.45, 7) is 4.01. The Hall–Kier alpha value is -2.37. The van der Waals surface area contributed by atoms with Crippen molar-refractivity contribution in [2.24, 2.45) is 0 Å². The highest BCUT2D eigenvalue weighted by molar-refractivity contribution is 5.99. The number of pyridine rings is 1. The van der Waals surface area contributed by atoms with Crippen LogP contribution in [0.3, 0.4) is 0 Å². The highest BCUT2D eigenvalue weighted by Gasteiger charge is 2.23.